The lowest BCUT2D eigenvalue weighted by atomic mass is 9.97. The van der Waals surface area contributed by atoms with Gasteiger partial charge in [0.1, 0.15) is 23.7 Å². The third-order valence-corrected chi connectivity index (χ3v) is 3.67. The SMILES string of the molecule is COc1ccc([C@@H](OC)[C@@H](OC)c2ccc(OC)cc2)cc1. The van der Waals surface area contributed by atoms with Gasteiger partial charge in [-0.2, -0.15) is 0 Å². The molecule has 0 radical (unpaired) electrons. The molecular formula is C18H22O4. The minimum absolute atomic E-state index is 0.204. The molecule has 0 spiro atoms. The average Bonchev–Trinajstić information content (AvgIpc) is 2.60. The molecule has 4 nitrogen and oxygen atoms in total. The van der Waals surface area contributed by atoms with Crippen LogP contribution >= 0.6 is 0 Å². The van der Waals surface area contributed by atoms with Gasteiger partial charge in [0, 0.05) is 14.2 Å². The van der Waals surface area contributed by atoms with E-state index in [2.05, 4.69) is 0 Å². The summed E-state index contributed by atoms with van der Waals surface area (Å²) in [4.78, 5) is 0. The second kappa shape index (κ2) is 7.82. The van der Waals surface area contributed by atoms with E-state index >= 15 is 0 Å². The van der Waals surface area contributed by atoms with Crippen molar-refractivity contribution in [3.05, 3.63) is 59.7 Å². The van der Waals surface area contributed by atoms with E-state index in [1.807, 2.05) is 48.5 Å². The Morgan fingerprint density at radius 1 is 0.545 bits per heavy atom. The molecule has 0 aliphatic heterocycles. The van der Waals surface area contributed by atoms with Crippen molar-refractivity contribution in [1.29, 1.82) is 0 Å². The molecule has 2 atom stereocenters. The fraction of sp³-hybridized carbons (Fsp3) is 0.333. The highest BCUT2D eigenvalue weighted by molar-refractivity contribution is 5.33. The number of ether oxygens (including phenoxy) is 4. The quantitative estimate of drug-likeness (QED) is 0.780. The molecule has 0 fully saturated rings. The van der Waals surface area contributed by atoms with Crippen molar-refractivity contribution in [3.8, 4) is 11.5 Å². The third-order valence-electron chi connectivity index (χ3n) is 3.67. The van der Waals surface area contributed by atoms with E-state index in [1.54, 1.807) is 28.4 Å². The Hall–Kier alpha value is -2.04. The van der Waals surface area contributed by atoms with E-state index in [-0.39, 0.29) is 12.2 Å². The normalized spacial score (nSPS) is 13.5. The summed E-state index contributed by atoms with van der Waals surface area (Å²) in [5, 5.41) is 0. The van der Waals surface area contributed by atoms with Crippen molar-refractivity contribution in [3.63, 3.8) is 0 Å². The number of hydrogen-bond donors (Lipinski definition) is 0. The molecule has 118 valence electrons. The standard InChI is InChI=1S/C18H22O4/c1-19-15-9-5-13(6-10-15)17(21-3)18(22-4)14-7-11-16(20-2)12-8-14/h5-12,17-18H,1-4H3/t17-,18+. The molecule has 0 N–H and O–H groups in total. The molecule has 0 aliphatic rings. The van der Waals surface area contributed by atoms with Crippen LogP contribution in [-0.4, -0.2) is 28.4 Å². The predicted octanol–water partition coefficient (Wildman–Crippen LogP) is 3.78. The maximum Gasteiger partial charge on any atom is 0.118 e. The summed E-state index contributed by atoms with van der Waals surface area (Å²) in [5.41, 5.74) is 2.07. The molecule has 22 heavy (non-hydrogen) atoms. The van der Waals surface area contributed by atoms with Gasteiger partial charge < -0.3 is 18.9 Å². The van der Waals surface area contributed by atoms with Gasteiger partial charge in [-0.15, -0.1) is 0 Å². The Labute approximate surface area is 131 Å². The monoisotopic (exact) mass is 302 g/mol. The van der Waals surface area contributed by atoms with Crippen LogP contribution in [0.2, 0.25) is 0 Å². The molecular weight excluding hydrogens is 280 g/mol. The summed E-state index contributed by atoms with van der Waals surface area (Å²) in [6.07, 6.45) is -0.409. The highest BCUT2D eigenvalue weighted by atomic mass is 16.5. The van der Waals surface area contributed by atoms with Crippen LogP contribution in [0.3, 0.4) is 0 Å². The van der Waals surface area contributed by atoms with E-state index in [0.717, 1.165) is 22.6 Å². The average molecular weight is 302 g/mol. The van der Waals surface area contributed by atoms with Crippen LogP contribution in [0.25, 0.3) is 0 Å². The topological polar surface area (TPSA) is 36.9 Å². The molecule has 0 bridgehead atoms. The Bertz CT molecular complexity index is 509. The Kier molecular flexibility index (Phi) is 5.81. The van der Waals surface area contributed by atoms with Crippen LogP contribution in [0, 0.1) is 0 Å². The summed E-state index contributed by atoms with van der Waals surface area (Å²) in [6.45, 7) is 0. The summed E-state index contributed by atoms with van der Waals surface area (Å²) in [6, 6.07) is 15.6. The fourth-order valence-corrected chi connectivity index (χ4v) is 2.46. The highest BCUT2D eigenvalue weighted by Crippen LogP contribution is 2.35. The van der Waals surface area contributed by atoms with Crippen LogP contribution in [0.1, 0.15) is 23.3 Å². The second-order valence-corrected chi connectivity index (χ2v) is 4.86. The van der Waals surface area contributed by atoms with Gasteiger partial charge >= 0.3 is 0 Å². The lowest BCUT2D eigenvalue weighted by molar-refractivity contribution is -0.0397. The van der Waals surface area contributed by atoms with Gasteiger partial charge in [0.25, 0.3) is 0 Å². The number of benzene rings is 2. The smallest absolute Gasteiger partial charge is 0.118 e. The van der Waals surface area contributed by atoms with Gasteiger partial charge in [-0.25, -0.2) is 0 Å². The Morgan fingerprint density at radius 2 is 0.864 bits per heavy atom. The Morgan fingerprint density at radius 3 is 1.09 bits per heavy atom. The maximum absolute atomic E-state index is 5.68. The van der Waals surface area contributed by atoms with Gasteiger partial charge in [0.05, 0.1) is 14.2 Å². The molecule has 2 aromatic rings. The molecule has 0 amide bonds. The number of hydrogen-bond acceptors (Lipinski definition) is 4. The van der Waals surface area contributed by atoms with Crippen LogP contribution in [-0.2, 0) is 9.47 Å². The molecule has 0 saturated heterocycles. The van der Waals surface area contributed by atoms with E-state index in [4.69, 9.17) is 18.9 Å². The van der Waals surface area contributed by atoms with Crippen LogP contribution in [0.15, 0.2) is 48.5 Å². The fourth-order valence-electron chi connectivity index (χ4n) is 2.46. The van der Waals surface area contributed by atoms with E-state index in [0.29, 0.717) is 0 Å². The number of methoxy groups -OCH3 is 4. The van der Waals surface area contributed by atoms with Gasteiger partial charge in [0.15, 0.2) is 0 Å². The van der Waals surface area contributed by atoms with Gasteiger partial charge in [-0.1, -0.05) is 24.3 Å². The summed E-state index contributed by atoms with van der Waals surface area (Å²) in [7, 11) is 6.67. The lowest BCUT2D eigenvalue weighted by Crippen LogP contribution is -2.15. The molecule has 4 heteroatoms. The molecule has 0 aromatic heterocycles. The van der Waals surface area contributed by atoms with Gasteiger partial charge in [0.2, 0.25) is 0 Å². The Balaban J connectivity index is 2.28. The first kappa shape index (κ1) is 16.3. The summed E-state index contributed by atoms with van der Waals surface area (Å²) < 4.78 is 21.7. The number of rotatable bonds is 7. The van der Waals surface area contributed by atoms with Crippen molar-refractivity contribution in [1.82, 2.24) is 0 Å². The second-order valence-electron chi connectivity index (χ2n) is 4.86. The minimum atomic E-state index is -0.204. The molecule has 0 heterocycles. The lowest BCUT2D eigenvalue weighted by Gasteiger charge is -2.26. The van der Waals surface area contributed by atoms with Crippen LogP contribution < -0.4 is 9.47 Å². The zero-order valence-corrected chi connectivity index (χ0v) is 13.4. The first-order valence-electron chi connectivity index (χ1n) is 7.07. The first-order chi connectivity index (χ1) is 10.7. The van der Waals surface area contributed by atoms with E-state index < -0.39 is 0 Å². The summed E-state index contributed by atoms with van der Waals surface area (Å²) in [5.74, 6) is 1.63. The zero-order chi connectivity index (χ0) is 15.9. The van der Waals surface area contributed by atoms with E-state index in [9.17, 15) is 0 Å². The van der Waals surface area contributed by atoms with Gasteiger partial charge in [-0.05, 0) is 35.4 Å². The molecule has 0 aliphatic carbocycles. The largest absolute Gasteiger partial charge is 0.497 e. The van der Waals surface area contributed by atoms with Gasteiger partial charge in [-0.3, -0.25) is 0 Å². The van der Waals surface area contributed by atoms with Crippen LogP contribution in [0.4, 0.5) is 0 Å². The van der Waals surface area contributed by atoms with Crippen molar-refractivity contribution >= 4 is 0 Å². The van der Waals surface area contributed by atoms with Crippen molar-refractivity contribution in [2.24, 2.45) is 0 Å². The van der Waals surface area contributed by atoms with Crippen molar-refractivity contribution in [2.45, 2.75) is 12.2 Å². The molecule has 0 unspecified atom stereocenters. The van der Waals surface area contributed by atoms with Crippen molar-refractivity contribution < 1.29 is 18.9 Å². The minimum Gasteiger partial charge on any atom is -0.497 e. The molecule has 0 saturated carbocycles. The zero-order valence-electron chi connectivity index (χ0n) is 13.4. The third kappa shape index (κ3) is 3.59. The molecule has 2 rings (SSSR count). The first-order valence-corrected chi connectivity index (χ1v) is 7.07. The van der Waals surface area contributed by atoms with E-state index in [1.165, 1.54) is 0 Å². The summed E-state index contributed by atoms with van der Waals surface area (Å²) >= 11 is 0. The predicted molar refractivity (Wildman–Crippen MR) is 85.5 cm³/mol. The van der Waals surface area contributed by atoms with Crippen molar-refractivity contribution in [2.75, 3.05) is 28.4 Å². The maximum atomic E-state index is 5.68. The van der Waals surface area contributed by atoms with Crippen LogP contribution in [0.5, 0.6) is 11.5 Å². The highest BCUT2D eigenvalue weighted by Gasteiger charge is 2.24. The molecule has 2 aromatic carbocycles.